The Morgan fingerprint density at radius 2 is 1.61 bits per heavy atom. The van der Waals surface area contributed by atoms with Gasteiger partial charge < -0.3 is 0 Å². The van der Waals surface area contributed by atoms with Crippen LogP contribution in [-0.2, 0) is 0 Å². The van der Waals surface area contributed by atoms with Gasteiger partial charge in [-0.3, -0.25) is 0 Å². The molecule has 0 aliphatic heterocycles. The molecule has 0 amide bonds. The van der Waals surface area contributed by atoms with Crippen molar-refractivity contribution < 1.29 is 0 Å². The third-order valence-corrected chi connectivity index (χ3v) is 3.39. The van der Waals surface area contributed by atoms with Crippen molar-refractivity contribution in [2.45, 2.75) is 65.2 Å². The summed E-state index contributed by atoms with van der Waals surface area (Å²) in [5.74, 6) is 0. The number of unbranched alkanes of at least 4 members (excludes halogenated alkanes) is 5. The van der Waals surface area contributed by atoms with Crippen LogP contribution in [0.15, 0.2) is 36.4 Å². The van der Waals surface area contributed by atoms with Gasteiger partial charge in [0.25, 0.3) is 0 Å². The van der Waals surface area contributed by atoms with Crippen LogP contribution in [0.25, 0.3) is 5.57 Å². The van der Waals surface area contributed by atoms with E-state index in [9.17, 15) is 0 Å². The summed E-state index contributed by atoms with van der Waals surface area (Å²) in [6.45, 7) is 4.53. The molecule has 0 N–H and O–H groups in total. The highest BCUT2D eigenvalue weighted by atomic mass is 14.1. The van der Waals surface area contributed by atoms with Gasteiger partial charge in [0.05, 0.1) is 0 Å². The van der Waals surface area contributed by atoms with Gasteiger partial charge in [-0.25, -0.2) is 0 Å². The number of rotatable bonds is 9. The maximum absolute atomic E-state index is 2.46. The van der Waals surface area contributed by atoms with E-state index in [0.29, 0.717) is 0 Å². The van der Waals surface area contributed by atoms with Gasteiger partial charge in [0.15, 0.2) is 0 Å². The minimum absolute atomic E-state index is 1.23. The third-order valence-electron chi connectivity index (χ3n) is 3.39. The van der Waals surface area contributed by atoms with E-state index in [1.54, 1.807) is 5.57 Å². The first-order chi connectivity index (χ1) is 8.88. The first-order valence-corrected chi connectivity index (χ1v) is 7.63. The molecule has 100 valence electrons. The normalized spacial score (nSPS) is 11.8. The molecule has 0 heteroatoms. The highest BCUT2D eigenvalue weighted by molar-refractivity contribution is 5.65. The Kier molecular flexibility index (Phi) is 8.29. The first-order valence-electron chi connectivity index (χ1n) is 7.63. The molecule has 1 aromatic rings. The standard InChI is InChI=1S/C18H28/c1-3-5-7-10-14-17(13-9-6-4-2)18-15-11-8-12-16-18/h8,11-13,15-16H,3-7,9-10,14H2,1-2H3. The fourth-order valence-electron chi connectivity index (χ4n) is 2.24. The summed E-state index contributed by atoms with van der Waals surface area (Å²) in [4.78, 5) is 0. The van der Waals surface area contributed by atoms with Crippen LogP contribution in [0.2, 0.25) is 0 Å². The van der Waals surface area contributed by atoms with Crippen molar-refractivity contribution in [3.05, 3.63) is 42.0 Å². The van der Waals surface area contributed by atoms with Gasteiger partial charge in [-0.1, -0.05) is 82.4 Å². The van der Waals surface area contributed by atoms with Crippen molar-refractivity contribution in [3.63, 3.8) is 0 Å². The number of hydrogen-bond acceptors (Lipinski definition) is 0. The summed E-state index contributed by atoms with van der Waals surface area (Å²) < 4.78 is 0. The molecular formula is C18H28. The molecule has 0 aliphatic carbocycles. The van der Waals surface area contributed by atoms with Gasteiger partial charge >= 0.3 is 0 Å². The van der Waals surface area contributed by atoms with Crippen molar-refractivity contribution in [3.8, 4) is 0 Å². The molecule has 0 nitrogen and oxygen atoms in total. The fraction of sp³-hybridized carbons (Fsp3) is 0.556. The van der Waals surface area contributed by atoms with Crippen LogP contribution in [0.5, 0.6) is 0 Å². The fourth-order valence-corrected chi connectivity index (χ4v) is 2.24. The van der Waals surface area contributed by atoms with E-state index in [2.05, 4.69) is 50.3 Å². The predicted molar refractivity (Wildman–Crippen MR) is 82.7 cm³/mol. The second kappa shape index (κ2) is 9.94. The monoisotopic (exact) mass is 244 g/mol. The van der Waals surface area contributed by atoms with Crippen molar-refractivity contribution >= 4 is 5.57 Å². The summed E-state index contributed by atoms with van der Waals surface area (Å²) in [5, 5.41) is 0. The lowest BCUT2D eigenvalue weighted by Crippen LogP contribution is -1.86. The zero-order chi connectivity index (χ0) is 13.1. The smallest absolute Gasteiger partial charge is 0.0228 e. The minimum Gasteiger partial charge on any atom is -0.0807 e. The molecule has 0 bridgehead atoms. The van der Waals surface area contributed by atoms with E-state index in [1.807, 2.05) is 0 Å². The quantitative estimate of drug-likeness (QED) is 0.452. The summed E-state index contributed by atoms with van der Waals surface area (Å²) in [5.41, 5.74) is 2.98. The van der Waals surface area contributed by atoms with Crippen LogP contribution in [0.1, 0.15) is 70.8 Å². The molecule has 0 radical (unpaired) electrons. The van der Waals surface area contributed by atoms with Gasteiger partial charge in [-0.15, -0.1) is 0 Å². The zero-order valence-corrected chi connectivity index (χ0v) is 12.1. The average molecular weight is 244 g/mol. The number of benzene rings is 1. The van der Waals surface area contributed by atoms with E-state index in [-0.39, 0.29) is 0 Å². The Morgan fingerprint density at radius 1 is 0.889 bits per heavy atom. The summed E-state index contributed by atoms with van der Waals surface area (Å²) >= 11 is 0. The molecule has 0 aromatic heterocycles. The van der Waals surface area contributed by atoms with Crippen LogP contribution < -0.4 is 0 Å². The molecule has 0 fully saturated rings. The Hall–Kier alpha value is -1.04. The summed E-state index contributed by atoms with van der Waals surface area (Å²) in [6.07, 6.45) is 12.9. The highest BCUT2D eigenvalue weighted by Gasteiger charge is 2.00. The highest BCUT2D eigenvalue weighted by Crippen LogP contribution is 2.22. The first kappa shape index (κ1) is 15.0. The van der Waals surface area contributed by atoms with Gasteiger partial charge in [0.2, 0.25) is 0 Å². The molecule has 0 unspecified atom stereocenters. The third kappa shape index (κ3) is 6.05. The molecule has 0 saturated carbocycles. The molecule has 18 heavy (non-hydrogen) atoms. The van der Waals surface area contributed by atoms with Crippen molar-refractivity contribution in [1.82, 2.24) is 0 Å². The van der Waals surface area contributed by atoms with E-state index in [4.69, 9.17) is 0 Å². The van der Waals surface area contributed by atoms with E-state index >= 15 is 0 Å². The largest absolute Gasteiger partial charge is 0.0807 e. The lowest BCUT2D eigenvalue weighted by atomic mass is 9.98. The van der Waals surface area contributed by atoms with Crippen LogP contribution in [0, 0.1) is 0 Å². The van der Waals surface area contributed by atoms with Crippen molar-refractivity contribution in [1.29, 1.82) is 0 Å². The lowest BCUT2D eigenvalue weighted by Gasteiger charge is -2.08. The Morgan fingerprint density at radius 3 is 2.28 bits per heavy atom. The summed E-state index contributed by atoms with van der Waals surface area (Å²) in [6, 6.07) is 10.9. The Labute approximate surface area is 113 Å². The van der Waals surface area contributed by atoms with Gasteiger partial charge in [-0.05, 0) is 30.4 Å². The number of hydrogen-bond donors (Lipinski definition) is 0. The molecule has 0 heterocycles. The van der Waals surface area contributed by atoms with Crippen LogP contribution >= 0.6 is 0 Å². The Balaban J connectivity index is 2.55. The van der Waals surface area contributed by atoms with Crippen molar-refractivity contribution in [2.24, 2.45) is 0 Å². The summed E-state index contributed by atoms with van der Waals surface area (Å²) in [7, 11) is 0. The SMILES string of the molecule is CCCCC=C(CCCCCC)c1ccccc1. The van der Waals surface area contributed by atoms with Crippen LogP contribution in [-0.4, -0.2) is 0 Å². The van der Waals surface area contributed by atoms with Gasteiger partial charge in [0, 0.05) is 0 Å². The van der Waals surface area contributed by atoms with Crippen LogP contribution in [0.4, 0.5) is 0 Å². The van der Waals surface area contributed by atoms with Gasteiger partial charge in [0.1, 0.15) is 0 Å². The average Bonchev–Trinajstić information content (AvgIpc) is 2.42. The molecule has 1 rings (SSSR count). The molecular weight excluding hydrogens is 216 g/mol. The predicted octanol–water partition coefficient (Wildman–Crippen LogP) is 6.23. The van der Waals surface area contributed by atoms with E-state index < -0.39 is 0 Å². The van der Waals surface area contributed by atoms with E-state index in [0.717, 1.165) is 0 Å². The maximum atomic E-state index is 2.46. The van der Waals surface area contributed by atoms with E-state index in [1.165, 1.54) is 56.9 Å². The molecule has 0 spiro atoms. The molecule has 0 saturated heterocycles. The number of allylic oxidation sites excluding steroid dienone is 2. The lowest BCUT2D eigenvalue weighted by molar-refractivity contribution is 0.677. The Bertz CT molecular complexity index is 321. The maximum Gasteiger partial charge on any atom is -0.0228 e. The topological polar surface area (TPSA) is 0 Å². The second-order valence-electron chi connectivity index (χ2n) is 5.05. The zero-order valence-electron chi connectivity index (χ0n) is 12.1. The second-order valence-corrected chi connectivity index (χ2v) is 5.05. The van der Waals surface area contributed by atoms with Gasteiger partial charge in [-0.2, -0.15) is 0 Å². The van der Waals surface area contributed by atoms with Crippen LogP contribution in [0.3, 0.4) is 0 Å². The molecule has 1 aromatic carbocycles. The molecule has 0 atom stereocenters. The molecule has 0 aliphatic rings. The minimum atomic E-state index is 1.23. The van der Waals surface area contributed by atoms with Crippen molar-refractivity contribution in [2.75, 3.05) is 0 Å².